The minimum atomic E-state index is -0.763. The lowest BCUT2D eigenvalue weighted by molar-refractivity contribution is -0.167. The summed E-state index contributed by atoms with van der Waals surface area (Å²) in [6, 6.07) is 0. The summed E-state index contributed by atoms with van der Waals surface area (Å²) < 4.78 is 17.0. The van der Waals surface area contributed by atoms with Gasteiger partial charge in [0.1, 0.15) is 13.2 Å². The van der Waals surface area contributed by atoms with Crippen LogP contribution in [0.15, 0.2) is 0 Å². The van der Waals surface area contributed by atoms with Gasteiger partial charge in [0, 0.05) is 19.3 Å². The fraction of sp³-hybridized carbons (Fsp3) is 0.958. The number of unbranched alkanes of at least 4 members (excludes halogenated alkanes) is 57. The Labute approximate surface area is 488 Å². The van der Waals surface area contributed by atoms with E-state index in [1.54, 1.807) is 0 Å². The van der Waals surface area contributed by atoms with Gasteiger partial charge < -0.3 is 14.2 Å². The average Bonchev–Trinajstić information content (AvgIpc) is 3.44. The third-order valence-electron chi connectivity index (χ3n) is 16.9. The van der Waals surface area contributed by atoms with Crippen LogP contribution in [0, 0.1) is 0 Å². The van der Waals surface area contributed by atoms with Crippen LogP contribution in [0.25, 0.3) is 0 Å². The molecule has 0 amide bonds. The van der Waals surface area contributed by atoms with Gasteiger partial charge in [-0.3, -0.25) is 14.4 Å². The third kappa shape index (κ3) is 65.2. The molecule has 0 aliphatic rings. The molecule has 0 saturated carbocycles. The van der Waals surface area contributed by atoms with Crippen LogP contribution >= 0.6 is 0 Å². The Kier molecular flexibility index (Phi) is 66.5. The maximum atomic E-state index is 12.9. The summed E-state index contributed by atoms with van der Waals surface area (Å²) in [6.07, 6.45) is 80.1. The highest BCUT2D eigenvalue weighted by molar-refractivity contribution is 5.71. The van der Waals surface area contributed by atoms with Crippen molar-refractivity contribution in [2.75, 3.05) is 13.2 Å². The SMILES string of the molecule is CCCCCCCCCCCCCCCCCCCCCCCCCCCCCCCCCC(=O)OCC(COC(=O)CCCCCCCCCCCCCCC)OC(=O)CCCCCCCCCCCCCCCCCC. The Hall–Kier alpha value is -1.59. The third-order valence-corrected chi connectivity index (χ3v) is 16.9. The van der Waals surface area contributed by atoms with Crippen molar-refractivity contribution >= 4 is 17.9 Å². The monoisotopic (exact) mass is 1100 g/mol. The molecule has 0 rings (SSSR count). The molecule has 0 saturated heterocycles. The van der Waals surface area contributed by atoms with Gasteiger partial charge in [-0.2, -0.15) is 0 Å². The Morgan fingerprint density at radius 2 is 0.346 bits per heavy atom. The lowest BCUT2D eigenvalue weighted by Crippen LogP contribution is -2.30. The first-order valence-electron chi connectivity index (χ1n) is 36.0. The lowest BCUT2D eigenvalue weighted by Gasteiger charge is -2.18. The predicted octanol–water partition coefficient (Wildman–Crippen LogP) is 24.6. The molecule has 78 heavy (non-hydrogen) atoms. The zero-order chi connectivity index (χ0) is 56.4. The van der Waals surface area contributed by atoms with Gasteiger partial charge in [-0.1, -0.05) is 387 Å². The molecule has 1 unspecified atom stereocenters. The molecule has 0 aromatic rings. The summed E-state index contributed by atoms with van der Waals surface area (Å²) >= 11 is 0. The Bertz CT molecular complexity index is 1170. The van der Waals surface area contributed by atoms with Crippen LogP contribution in [0.1, 0.15) is 425 Å². The van der Waals surface area contributed by atoms with Gasteiger partial charge in [0.15, 0.2) is 6.10 Å². The second kappa shape index (κ2) is 67.9. The van der Waals surface area contributed by atoms with Crippen LogP contribution in [0.5, 0.6) is 0 Å². The van der Waals surface area contributed by atoms with Crippen molar-refractivity contribution in [1.29, 1.82) is 0 Å². The summed E-state index contributed by atoms with van der Waals surface area (Å²) in [5.41, 5.74) is 0. The van der Waals surface area contributed by atoms with Crippen LogP contribution in [0.3, 0.4) is 0 Å². The molecule has 464 valence electrons. The summed E-state index contributed by atoms with van der Waals surface area (Å²) in [5, 5.41) is 0. The van der Waals surface area contributed by atoms with E-state index in [4.69, 9.17) is 14.2 Å². The first-order valence-corrected chi connectivity index (χ1v) is 36.0. The Morgan fingerprint density at radius 1 is 0.205 bits per heavy atom. The van der Waals surface area contributed by atoms with Crippen molar-refractivity contribution in [1.82, 2.24) is 0 Å². The molecule has 6 nitrogen and oxygen atoms in total. The van der Waals surface area contributed by atoms with Gasteiger partial charge in [0.05, 0.1) is 0 Å². The molecule has 0 fully saturated rings. The fourth-order valence-corrected chi connectivity index (χ4v) is 11.5. The summed E-state index contributed by atoms with van der Waals surface area (Å²) in [4.78, 5) is 38.4. The minimum Gasteiger partial charge on any atom is -0.462 e. The minimum absolute atomic E-state index is 0.0604. The van der Waals surface area contributed by atoms with Crippen molar-refractivity contribution in [3.63, 3.8) is 0 Å². The zero-order valence-electron chi connectivity index (χ0n) is 53.5. The number of hydrogen-bond acceptors (Lipinski definition) is 6. The molecular formula is C72H140O6. The summed E-state index contributed by atoms with van der Waals surface area (Å²) in [6.45, 7) is 6.74. The summed E-state index contributed by atoms with van der Waals surface area (Å²) in [5.74, 6) is -0.822. The Morgan fingerprint density at radius 3 is 0.513 bits per heavy atom. The van der Waals surface area contributed by atoms with Gasteiger partial charge >= 0.3 is 17.9 Å². The molecule has 0 bridgehead atoms. The highest BCUT2D eigenvalue weighted by atomic mass is 16.6. The topological polar surface area (TPSA) is 78.9 Å². The van der Waals surface area contributed by atoms with Crippen molar-refractivity contribution in [2.45, 2.75) is 431 Å². The predicted molar refractivity (Wildman–Crippen MR) is 340 cm³/mol. The molecule has 0 spiro atoms. The number of carbonyl (C=O) groups is 3. The Balaban J connectivity index is 4.08. The first kappa shape index (κ1) is 76.4. The highest BCUT2D eigenvalue weighted by Gasteiger charge is 2.20. The van der Waals surface area contributed by atoms with E-state index in [9.17, 15) is 14.4 Å². The molecule has 0 heterocycles. The molecule has 0 aliphatic carbocycles. The average molecular weight is 1100 g/mol. The van der Waals surface area contributed by atoms with E-state index in [0.29, 0.717) is 19.3 Å². The maximum absolute atomic E-state index is 12.9. The lowest BCUT2D eigenvalue weighted by atomic mass is 10.0. The maximum Gasteiger partial charge on any atom is 0.306 e. The highest BCUT2D eigenvalue weighted by Crippen LogP contribution is 2.20. The molecule has 0 aliphatic heterocycles. The molecular weight excluding hydrogens is 961 g/mol. The van der Waals surface area contributed by atoms with E-state index in [-0.39, 0.29) is 31.1 Å². The van der Waals surface area contributed by atoms with Crippen LogP contribution in [-0.2, 0) is 28.6 Å². The first-order chi connectivity index (χ1) is 38.5. The molecule has 6 heteroatoms. The van der Waals surface area contributed by atoms with Crippen LogP contribution < -0.4 is 0 Å². The molecule has 0 radical (unpaired) electrons. The van der Waals surface area contributed by atoms with Gasteiger partial charge in [-0.25, -0.2) is 0 Å². The standard InChI is InChI=1S/C72H140O6/c1-4-7-10-13-16-19-22-25-27-29-30-31-32-33-34-35-36-37-38-39-40-41-42-43-45-47-50-53-56-59-62-65-71(74)77-68-69(67-76-70(73)64-61-58-55-52-49-46-24-21-18-15-12-9-6-3)78-72(75)66-63-60-57-54-51-48-44-28-26-23-20-17-14-11-8-5-2/h69H,4-68H2,1-3H3. The van der Waals surface area contributed by atoms with Crippen molar-refractivity contribution in [2.24, 2.45) is 0 Å². The molecule has 1 atom stereocenters. The van der Waals surface area contributed by atoms with Gasteiger partial charge in [-0.15, -0.1) is 0 Å². The van der Waals surface area contributed by atoms with Gasteiger partial charge in [0.25, 0.3) is 0 Å². The van der Waals surface area contributed by atoms with Gasteiger partial charge in [0.2, 0.25) is 0 Å². The van der Waals surface area contributed by atoms with Gasteiger partial charge in [-0.05, 0) is 19.3 Å². The number of ether oxygens (including phenoxy) is 3. The molecule has 0 N–H and O–H groups in total. The molecule has 0 aromatic carbocycles. The van der Waals surface area contributed by atoms with Crippen molar-refractivity contribution < 1.29 is 28.6 Å². The molecule has 0 aromatic heterocycles. The second-order valence-corrected chi connectivity index (χ2v) is 24.9. The van der Waals surface area contributed by atoms with E-state index in [1.165, 1.54) is 327 Å². The van der Waals surface area contributed by atoms with E-state index in [2.05, 4.69) is 20.8 Å². The van der Waals surface area contributed by atoms with Crippen molar-refractivity contribution in [3.05, 3.63) is 0 Å². The van der Waals surface area contributed by atoms with E-state index >= 15 is 0 Å². The van der Waals surface area contributed by atoms with Crippen molar-refractivity contribution in [3.8, 4) is 0 Å². The van der Waals surface area contributed by atoms with Crippen LogP contribution in [0.2, 0.25) is 0 Å². The fourth-order valence-electron chi connectivity index (χ4n) is 11.5. The van der Waals surface area contributed by atoms with Crippen LogP contribution in [0.4, 0.5) is 0 Å². The number of hydrogen-bond donors (Lipinski definition) is 0. The van der Waals surface area contributed by atoms with E-state index < -0.39 is 6.10 Å². The van der Waals surface area contributed by atoms with Crippen LogP contribution in [-0.4, -0.2) is 37.2 Å². The quantitative estimate of drug-likeness (QED) is 0.0343. The zero-order valence-corrected chi connectivity index (χ0v) is 53.5. The smallest absolute Gasteiger partial charge is 0.306 e. The second-order valence-electron chi connectivity index (χ2n) is 24.9. The largest absolute Gasteiger partial charge is 0.462 e. The van der Waals surface area contributed by atoms with E-state index in [1.807, 2.05) is 0 Å². The summed E-state index contributed by atoms with van der Waals surface area (Å²) in [7, 11) is 0. The number of esters is 3. The van der Waals surface area contributed by atoms with E-state index in [0.717, 1.165) is 57.8 Å². The number of carbonyl (C=O) groups excluding carboxylic acids is 3. The normalized spacial score (nSPS) is 11.9. The number of rotatable bonds is 68.